The SMILES string of the molecule is O=C(N[C@@H]1CCCC[C@@H]1C(F)(F)F)C(c1ccccc1)c1ccccc1. The van der Waals surface area contributed by atoms with Crippen LogP contribution in [0.5, 0.6) is 0 Å². The topological polar surface area (TPSA) is 29.1 Å². The summed E-state index contributed by atoms with van der Waals surface area (Å²) in [6.07, 6.45) is -2.58. The van der Waals surface area contributed by atoms with E-state index in [-0.39, 0.29) is 12.3 Å². The Bertz CT molecular complexity index is 676. The number of rotatable bonds is 4. The lowest BCUT2D eigenvalue weighted by Crippen LogP contribution is -2.49. The van der Waals surface area contributed by atoms with Gasteiger partial charge in [-0.1, -0.05) is 73.5 Å². The quantitative estimate of drug-likeness (QED) is 0.811. The summed E-state index contributed by atoms with van der Waals surface area (Å²) in [6, 6.07) is 17.5. The number of carbonyl (C=O) groups excluding carboxylic acids is 1. The van der Waals surface area contributed by atoms with Gasteiger partial charge in [0.15, 0.2) is 0 Å². The van der Waals surface area contributed by atoms with Crippen molar-refractivity contribution in [1.29, 1.82) is 0 Å². The summed E-state index contributed by atoms with van der Waals surface area (Å²) in [5, 5.41) is 2.71. The van der Waals surface area contributed by atoms with Crippen molar-refractivity contribution in [2.24, 2.45) is 5.92 Å². The first kappa shape index (κ1) is 18.5. The van der Waals surface area contributed by atoms with Gasteiger partial charge in [0.05, 0.1) is 11.8 Å². The Balaban J connectivity index is 1.86. The number of benzene rings is 2. The number of alkyl halides is 3. The van der Waals surface area contributed by atoms with Crippen LogP contribution in [0.3, 0.4) is 0 Å². The standard InChI is InChI=1S/C21H22F3NO/c22-21(23,24)17-13-7-8-14-18(17)25-20(26)19(15-9-3-1-4-10-15)16-11-5-2-6-12-16/h1-6,9-12,17-19H,7-8,13-14H2,(H,25,26)/t17-,18+/m0/s1. The average Bonchev–Trinajstić information content (AvgIpc) is 2.63. The van der Waals surface area contributed by atoms with Gasteiger partial charge in [-0.3, -0.25) is 4.79 Å². The van der Waals surface area contributed by atoms with Gasteiger partial charge in [-0.25, -0.2) is 0 Å². The van der Waals surface area contributed by atoms with Crippen molar-refractivity contribution < 1.29 is 18.0 Å². The van der Waals surface area contributed by atoms with Gasteiger partial charge < -0.3 is 5.32 Å². The van der Waals surface area contributed by atoms with Crippen LogP contribution in [0.15, 0.2) is 60.7 Å². The molecule has 1 saturated carbocycles. The third-order valence-electron chi connectivity index (χ3n) is 5.04. The highest BCUT2D eigenvalue weighted by molar-refractivity contribution is 5.87. The molecule has 1 aliphatic rings. The van der Waals surface area contributed by atoms with Gasteiger partial charge in [0.2, 0.25) is 5.91 Å². The van der Waals surface area contributed by atoms with Crippen LogP contribution in [0.4, 0.5) is 13.2 Å². The van der Waals surface area contributed by atoms with E-state index in [1.54, 1.807) is 0 Å². The number of hydrogen-bond acceptors (Lipinski definition) is 1. The lowest BCUT2D eigenvalue weighted by Gasteiger charge is -2.34. The van der Waals surface area contributed by atoms with Gasteiger partial charge in [0.25, 0.3) is 0 Å². The normalized spacial score (nSPS) is 20.8. The van der Waals surface area contributed by atoms with E-state index in [1.165, 1.54) is 0 Å². The van der Waals surface area contributed by atoms with Crippen molar-refractivity contribution >= 4 is 5.91 Å². The third kappa shape index (κ3) is 4.26. The molecule has 2 atom stereocenters. The lowest BCUT2D eigenvalue weighted by atomic mass is 9.83. The molecule has 0 heterocycles. The molecule has 2 aromatic rings. The monoisotopic (exact) mass is 361 g/mol. The zero-order valence-corrected chi connectivity index (χ0v) is 14.4. The summed E-state index contributed by atoms with van der Waals surface area (Å²) in [5.41, 5.74) is 1.55. The van der Waals surface area contributed by atoms with Crippen LogP contribution in [0.25, 0.3) is 0 Å². The fourth-order valence-electron chi connectivity index (χ4n) is 3.75. The van der Waals surface area contributed by atoms with E-state index in [9.17, 15) is 18.0 Å². The van der Waals surface area contributed by atoms with Crippen molar-refractivity contribution in [2.45, 2.75) is 43.8 Å². The Kier molecular flexibility index (Phi) is 5.64. The van der Waals surface area contributed by atoms with Crippen molar-refractivity contribution in [3.05, 3.63) is 71.8 Å². The minimum atomic E-state index is -4.28. The fraction of sp³-hybridized carbons (Fsp3) is 0.381. The van der Waals surface area contributed by atoms with E-state index < -0.39 is 24.1 Å². The maximum Gasteiger partial charge on any atom is 0.393 e. The van der Waals surface area contributed by atoms with E-state index >= 15 is 0 Å². The van der Waals surface area contributed by atoms with Gasteiger partial charge in [0.1, 0.15) is 0 Å². The zero-order chi connectivity index (χ0) is 18.6. The molecule has 1 N–H and O–H groups in total. The molecule has 26 heavy (non-hydrogen) atoms. The molecule has 1 fully saturated rings. The van der Waals surface area contributed by atoms with Crippen molar-refractivity contribution in [2.75, 3.05) is 0 Å². The molecule has 3 rings (SSSR count). The van der Waals surface area contributed by atoms with Crippen LogP contribution in [0, 0.1) is 5.92 Å². The summed E-state index contributed by atoms with van der Waals surface area (Å²) in [5.74, 6) is -2.45. The van der Waals surface area contributed by atoms with E-state index in [4.69, 9.17) is 0 Å². The third-order valence-corrected chi connectivity index (χ3v) is 5.04. The molecule has 138 valence electrons. The molecule has 0 radical (unpaired) electrons. The second-order valence-electron chi connectivity index (χ2n) is 6.80. The summed E-state index contributed by atoms with van der Waals surface area (Å²) < 4.78 is 40.0. The molecule has 0 saturated heterocycles. The zero-order valence-electron chi connectivity index (χ0n) is 14.4. The van der Waals surface area contributed by atoms with Crippen LogP contribution in [-0.2, 0) is 4.79 Å². The predicted molar refractivity (Wildman–Crippen MR) is 94.7 cm³/mol. The first-order valence-corrected chi connectivity index (χ1v) is 8.94. The van der Waals surface area contributed by atoms with Crippen LogP contribution < -0.4 is 5.32 Å². The highest BCUT2D eigenvalue weighted by Crippen LogP contribution is 2.38. The molecule has 0 unspecified atom stereocenters. The molecule has 0 aromatic heterocycles. The molecule has 0 bridgehead atoms. The van der Waals surface area contributed by atoms with Crippen LogP contribution in [0.2, 0.25) is 0 Å². The predicted octanol–water partition coefficient (Wildman–Crippen LogP) is 5.06. The first-order chi connectivity index (χ1) is 12.5. The molecule has 0 aliphatic heterocycles. The molecular weight excluding hydrogens is 339 g/mol. The summed E-state index contributed by atoms with van der Waals surface area (Å²) in [7, 11) is 0. The van der Waals surface area contributed by atoms with E-state index in [0.29, 0.717) is 19.3 Å². The Labute approximate surface area is 151 Å². The molecular formula is C21H22F3NO. The second-order valence-corrected chi connectivity index (χ2v) is 6.80. The van der Waals surface area contributed by atoms with Crippen LogP contribution >= 0.6 is 0 Å². The maximum absolute atomic E-state index is 13.3. The molecule has 2 aromatic carbocycles. The molecule has 2 nitrogen and oxygen atoms in total. The lowest BCUT2D eigenvalue weighted by molar-refractivity contribution is -0.189. The van der Waals surface area contributed by atoms with Crippen LogP contribution in [0.1, 0.15) is 42.7 Å². The largest absolute Gasteiger partial charge is 0.393 e. The van der Waals surface area contributed by atoms with Gasteiger partial charge in [-0.15, -0.1) is 0 Å². The van der Waals surface area contributed by atoms with E-state index in [1.807, 2.05) is 60.7 Å². The number of amides is 1. The molecule has 1 aliphatic carbocycles. The Hall–Kier alpha value is -2.30. The maximum atomic E-state index is 13.3. The van der Waals surface area contributed by atoms with Gasteiger partial charge in [-0.05, 0) is 24.0 Å². The Morgan fingerprint density at radius 2 is 1.38 bits per heavy atom. The molecule has 0 spiro atoms. The summed E-state index contributed by atoms with van der Waals surface area (Å²) in [6.45, 7) is 0. The molecule has 5 heteroatoms. The summed E-state index contributed by atoms with van der Waals surface area (Å²) in [4.78, 5) is 13.0. The molecule has 1 amide bonds. The first-order valence-electron chi connectivity index (χ1n) is 8.94. The van der Waals surface area contributed by atoms with E-state index in [2.05, 4.69) is 5.32 Å². The van der Waals surface area contributed by atoms with Crippen molar-refractivity contribution in [3.8, 4) is 0 Å². The number of halogens is 3. The van der Waals surface area contributed by atoms with Gasteiger partial charge in [-0.2, -0.15) is 13.2 Å². The van der Waals surface area contributed by atoms with E-state index in [0.717, 1.165) is 11.1 Å². The van der Waals surface area contributed by atoms with Gasteiger partial charge >= 0.3 is 6.18 Å². The Morgan fingerprint density at radius 3 is 1.88 bits per heavy atom. The minimum absolute atomic E-state index is 0.0792. The minimum Gasteiger partial charge on any atom is -0.352 e. The van der Waals surface area contributed by atoms with Crippen molar-refractivity contribution in [3.63, 3.8) is 0 Å². The van der Waals surface area contributed by atoms with Crippen LogP contribution in [-0.4, -0.2) is 18.1 Å². The average molecular weight is 361 g/mol. The smallest absolute Gasteiger partial charge is 0.352 e. The Morgan fingerprint density at radius 1 is 0.885 bits per heavy atom. The summed E-state index contributed by atoms with van der Waals surface area (Å²) >= 11 is 0. The fourth-order valence-corrected chi connectivity index (χ4v) is 3.75. The highest BCUT2D eigenvalue weighted by Gasteiger charge is 2.46. The number of nitrogens with one attached hydrogen (secondary N) is 1. The number of carbonyl (C=O) groups is 1. The second kappa shape index (κ2) is 7.94. The highest BCUT2D eigenvalue weighted by atomic mass is 19.4. The van der Waals surface area contributed by atoms with Crippen molar-refractivity contribution in [1.82, 2.24) is 5.32 Å². The number of hydrogen-bond donors (Lipinski definition) is 1. The van der Waals surface area contributed by atoms with Gasteiger partial charge in [0, 0.05) is 6.04 Å².